The number of rotatable bonds is 4. The molecule has 0 unspecified atom stereocenters. The van der Waals surface area contributed by atoms with Crippen molar-refractivity contribution in [1.29, 1.82) is 0 Å². The number of allylic oxidation sites excluding steroid dienone is 2. The van der Waals surface area contributed by atoms with E-state index in [4.69, 9.17) is 0 Å². The zero-order valence-electron chi connectivity index (χ0n) is 12.2. The molecule has 5 nitrogen and oxygen atoms in total. The number of aliphatic carboxylic acids is 1. The van der Waals surface area contributed by atoms with E-state index in [1.54, 1.807) is 6.07 Å². The zero-order chi connectivity index (χ0) is 15.4. The summed E-state index contributed by atoms with van der Waals surface area (Å²) in [7, 11) is 3.85. The molecule has 1 amide bonds. The van der Waals surface area contributed by atoms with Crippen LogP contribution >= 0.6 is 0 Å². The standard InChI is InChI=1S/C16H20N2O3/c1-18(2)12-7-5-6-11(10-12)17-15(19)13-8-3-4-9-14(13)16(20)21/h3-7,10,13-14H,8-9H2,1-2H3,(H,17,19)(H,20,21)/t13-,14+/m1/s1. The fraction of sp³-hybridized carbons (Fsp3) is 0.375. The van der Waals surface area contributed by atoms with Gasteiger partial charge in [0.15, 0.2) is 0 Å². The Labute approximate surface area is 124 Å². The lowest BCUT2D eigenvalue weighted by Crippen LogP contribution is -2.34. The summed E-state index contributed by atoms with van der Waals surface area (Å²) in [4.78, 5) is 25.5. The summed E-state index contributed by atoms with van der Waals surface area (Å²) in [6.07, 6.45) is 4.58. The number of carbonyl (C=O) groups excluding carboxylic acids is 1. The highest BCUT2D eigenvalue weighted by molar-refractivity contribution is 5.95. The molecule has 1 aliphatic rings. The summed E-state index contributed by atoms with van der Waals surface area (Å²) in [5.41, 5.74) is 1.66. The van der Waals surface area contributed by atoms with Crippen LogP contribution in [0.1, 0.15) is 12.8 Å². The molecule has 0 saturated heterocycles. The van der Waals surface area contributed by atoms with Crippen molar-refractivity contribution in [1.82, 2.24) is 0 Å². The van der Waals surface area contributed by atoms with Crippen LogP contribution in [-0.4, -0.2) is 31.1 Å². The number of hydrogen-bond acceptors (Lipinski definition) is 3. The molecule has 2 rings (SSSR count). The number of anilines is 2. The molecule has 0 aliphatic heterocycles. The molecule has 0 radical (unpaired) electrons. The van der Waals surface area contributed by atoms with E-state index in [1.165, 1.54) is 0 Å². The molecule has 5 heteroatoms. The number of amides is 1. The third-order valence-corrected chi connectivity index (χ3v) is 3.72. The maximum Gasteiger partial charge on any atom is 0.307 e. The molecule has 0 bridgehead atoms. The average molecular weight is 288 g/mol. The second-order valence-corrected chi connectivity index (χ2v) is 5.43. The van der Waals surface area contributed by atoms with Crippen molar-refractivity contribution in [3.8, 4) is 0 Å². The van der Waals surface area contributed by atoms with E-state index >= 15 is 0 Å². The smallest absolute Gasteiger partial charge is 0.307 e. The monoisotopic (exact) mass is 288 g/mol. The van der Waals surface area contributed by atoms with E-state index in [-0.39, 0.29) is 5.91 Å². The number of carbonyl (C=O) groups is 2. The molecule has 0 fully saturated rings. The van der Waals surface area contributed by atoms with E-state index in [2.05, 4.69) is 5.32 Å². The Balaban J connectivity index is 2.11. The molecule has 2 atom stereocenters. The van der Waals surface area contributed by atoms with Gasteiger partial charge >= 0.3 is 5.97 Å². The Morgan fingerprint density at radius 2 is 1.86 bits per heavy atom. The summed E-state index contributed by atoms with van der Waals surface area (Å²) in [6.45, 7) is 0. The van der Waals surface area contributed by atoms with Gasteiger partial charge in [-0.05, 0) is 31.0 Å². The Hall–Kier alpha value is -2.30. The summed E-state index contributed by atoms with van der Waals surface area (Å²) in [5, 5.41) is 12.0. The average Bonchev–Trinajstić information content (AvgIpc) is 2.47. The van der Waals surface area contributed by atoms with Gasteiger partial charge in [-0.2, -0.15) is 0 Å². The lowest BCUT2D eigenvalue weighted by molar-refractivity contribution is -0.146. The van der Waals surface area contributed by atoms with E-state index in [9.17, 15) is 14.7 Å². The summed E-state index contributed by atoms with van der Waals surface area (Å²) in [5.74, 6) is -2.31. The van der Waals surface area contributed by atoms with Crippen LogP contribution in [0.2, 0.25) is 0 Å². The van der Waals surface area contributed by atoms with Crippen molar-refractivity contribution >= 4 is 23.3 Å². The highest BCUT2D eigenvalue weighted by Gasteiger charge is 2.33. The van der Waals surface area contributed by atoms with Crippen LogP contribution < -0.4 is 10.2 Å². The minimum absolute atomic E-state index is 0.234. The predicted octanol–water partition coefficient (Wildman–Crippen LogP) is 2.36. The van der Waals surface area contributed by atoms with Crippen molar-refractivity contribution in [2.24, 2.45) is 11.8 Å². The van der Waals surface area contributed by atoms with E-state index in [1.807, 2.05) is 49.3 Å². The van der Waals surface area contributed by atoms with E-state index in [0.29, 0.717) is 18.5 Å². The van der Waals surface area contributed by atoms with Crippen LogP contribution in [0.15, 0.2) is 36.4 Å². The van der Waals surface area contributed by atoms with Crippen LogP contribution in [0.25, 0.3) is 0 Å². The zero-order valence-corrected chi connectivity index (χ0v) is 12.2. The summed E-state index contributed by atoms with van der Waals surface area (Å²) in [6, 6.07) is 7.48. The second kappa shape index (κ2) is 6.43. The van der Waals surface area contributed by atoms with Gasteiger partial charge in [-0.1, -0.05) is 18.2 Å². The van der Waals surface area contributed by atoms with Crippen LogP contribution in [0.4, 0.5) is 11.4 Å². The first kappa shape index (κ1) is 15.1. The molecular weight excluding hydrogens is 268 g/mol. The van der Waals surface area contributed by atoms with Crippen molar-refractivity contribution in [3.05, 3.63) is 36.4 Å². The van der Waals surface area contributed by atoms with Crippen molar-refractivity contribution in [3.63, 3.8) is 0 Å². The molecule has 0 aromatic heterocycles. The highest BCUT2D eigenvalue weighted by atomic mass is 16.4. The first-order valence-electron chi connectivity index (χ1n) is 6.95. The second-order valence-electron chi connectivity index (χ2n) is 5.43. The fourth-order valence-corrected chi connectivity index (χ4v) is 2.47. The van der Waals surface area contributed by atoms with Gasteiger partial charge in [0.1, 0.15) is 0 Å². The van der Waals surface area contributed by atoms with E-state index in [0.717, 1.165) is 5.69 Å². The molecule has 0 saturated carbocycles. The molecule has 1 aromatic carbocycles. The molecule has 1 aliphatic carbocycles. The molecule has 1 aromatic rings. The lowest BCUT2D eigenvalue weighted by Gasteiger charge is -2.24. The van der Waals surface area contributed by atoms with Gasteiger partial charge < -0.3 is 15.3 Å². The quantitative estimate of drug-likeness (QED) is 0.834. The summed E-state index contributed by atoms with van der Waals surface area (Å²) < 4.78 is 0. The maximum atomic E-state index is 12.3. The minimum atomic E-state index is -0.915. The maximum absolute atomic E-state index is 12.3. The number of nitrogens with zero attached hydrogens (tertiary/aromatic N) is 1. The van der Waals surface area contributed by atoms with Gasteiger partial charge in [-0.3, -0.25) is 9.59 Å². The van der Waals surface area contributed by atoms with Crippen LogP contribution in [0, 0.1) is 11.8 Å². The molecule has 0 heterocycles. The van der Waals surface area contributed by atoms with Gasteiger partial charge in [0.05, 0.1) is 11.8 Å². The normalized spacial score (nSPS) is 20.9. The molecule has 21 heavy (non-hydrogen) atoms. The predicted molar refractivity (Wildman–Crippen MR) is 82.4 cm³/mol. The van der Waals surface area contributed by atoms with Gasteiger partial charge in [0.2, 0.25) is 5.91 Å². The Morgan fingerprint density at radius 3 is 2.48 bits per heavy atom. The Morgan fingerprint density at radius 1 is 1.19 bits per heavy atom. The minimum Gasteiger partial charge on any atom is -0.481 e. The summed E-state index contributed by atoms with van der Waals surface area (Å²) >= 11 is 0. The molecule has 0 spiro atoms. The third kappa shape index (κ3) is 3.62. The molecular formula is C16H20N2O3. The largest absolute Gasteiger partial charge is 0.481 e. The first-order chi connectivity index (χ1) is 9.99. The number of hydrogen-bond donors (Lipinski definition) is 2. The number of carboxylic acid groups (broad SMARTS) is 1. The van der Waals surface area contributed by atoms with Gasteiger partial charge in [0.25, 0.3) is 0 Å². The number of carboxylic acids is 1. The van der Waals surface area contributed by atoms with Crippen molar-refractivity contribution in [2.75, 3.05) is 24.3 Å². The lowest BCUT2D eigenvalue weighted by atomic mass is 9.82. The van der Waals surface area contributed by atoms with Crippen LogP contribution in [0.5, 0.6) is 0 Å². The number of benzene rings is 1. The van der Waals surface area contributed by atoms with Gasteiger partial charge in [-0.15, -0.1) is 0 Å². The third-order valence-electron chi connectivity index (χ3n) is 3.72. The molecule has 2 N–H and O–H groups in total. The van der Waals surface area contributed by atoms with E-state index < -0.39 is 17.8 Å². The van der Waals surface area contributed by atoms with Crippen LogP contribution in [0.3, 0.4) is 0 Å². The Bertz CT molecular complexity index is 566. The molecule has 112 valence electrons. The van der Waals surface area contributed by atoms with Gasteiger partial charge in [0, 0.05) is 25.5 Å². The topological polar surface area (TPSA) is 69.6 Å². The van der Waals surface area contributed by atoms with Gasteiger partial charge in [-0.25, -0.2) is 0 Å². The van der Waals surface area contributed by atoms with Crippen molar-refractivity contribution < 1.29 is 14.7 Å². The number of nitrogens with one attached hydrogen (secondary N) is 1. The Kier molecular flexibility index (Phi) is 4.62. The first-order valence-corrected chi connectivity index (χ1v) is 6.95. The fourth-order valence-electron chi connectivity index (χ4n) is 2.47. The van der Waals surface area contributed by atoms with Crippen molar-refractivity contribution in [2.45, 2.75) is 12.8 Å². The highest BCUT2D eigenvalue weighted by Crippen LogP contribution is 2.27. The van der Waals surface area contributed by atoms with Crippen LogP contribution in [-0.2, 0) is 9.59 Å². The SMILES string of the molecule is CN(C)c1cccc(NC(=O)[C@@H]2CC=CC[C@@H]2C(=O)O)c1.